The van der Waals surface area contributed by atoms with Gasteiger partial charge in [-0.1, -0.05) is 17.7 Å². The fourth-order valence-electron chi connectivity index (χ4n) is 2.50. The molecule has 0 bridgehead atoms. The highest BCUT2D eigenvalue weighted by Crippen LogP contribution is 2.20. The molecule has 2 aromatic rings. The Bertz CT molecular complexity index is 659. The van der Waals surface area contributed by atoms with Crippen LogP contribution in [0.2, 0.25) is 0 Å². The summed E-state index contributed by atoms with van der Waals surface area (Å²) in [6, 6.07) is 6.91. The Labute approximate surface area is 124 Å². The van der Waals surface area contributed by atoms with Crippen molar-refractivity contribution in [3.8, 4) is 0 Å². The summed E-state index contributed by atoms with van der Waals surface area (Å²) >= 11 is 0. The molecule has 0 unspecified atom stereocenters. The highest BCUT2D eigenvalue weighted by Gasteiger charge is 2.18. The number of rotatable bonds is 3. The number of aryl methyl sites for hydroxylation is 3. The van der Waals surface area contributed by atoms with Crippen molar-refractivity contribution >= 4 is 11.7 Å². The second-order valence-electron chi connectivity index (χ2n) is 5.32. The third kappa shape index (κ3) is 3.27. The van der Waals surface area contributed by atoms with Gasteiger partial charge in [0.25, 0.3) is 0 Å². The summed E-state index contributed by atoms with van der Waals surface area (Å²) < 4.78 is 13.7. The molecular formula is C17H19FN2O. The Kier molecular flexibility index (Phi) is 4.36. The van der Waals surface area contributed by atoms with Crippen LogP contribution in [0.25, 0.3) is 0 Å². The molecule has 0 aliphatic rings. The highest BCUT2D eigenvalue weighted by molar-refractivity contribution is 5.93. The predicted octanol–water partition coefficient (Wildman–Crippen LogP) is 3.35. The van der Waals surface area contributed by atoms with E-state index in [1.807, 2.05) is 20.8 Å². The molecule has 0 radical (unpaired) electrons. The fourth-order valence-corrected chi connectivity index (χ4v) is 2.50. The van der Waals surface area contributed by atoms with Gasteiger partial charge in [-0.05, 0) is 49.6 Å². The number of hydrogen-bond acceptors (Lipinski definition) is 2. The summed E-state index contributed by atoms with van der Waals surface area (Å²) in [5.41, 5.74) is 4.32. The Balaban J connectivity index is 2.25. The van der Waals surface area contributed by atoms with Gasteiger partial charge in [-0.2, -0.15) is 0 Å². The molecule has 1 aromatic heterocycles. The molecule has 0 N–H and O–H groups in total. The van der Waals surface area contributed by atoms with Gasteiger partial charge in [0.15, 0.2) is 11.6 Å². The van der Waals surface area contributed by atoms with Crippen molar-refractivity contribution in [2.75, 3.05) is 11.9 Å². The smallest absolute Gasteiger partial charge is 0.232 e. The molecule has 1 amide bonds. The van der Waals surface area contributed by atoms with E-state index in [9.17, 15) is 9.18 Å². The number of carbonyl (C=O) groups excluding carboxylic acids is 1. The molecule has 1 heterocycles. The summed E-state index contributed by atoms with van der Waals surface area (Å²) in [6.07, 6.45) is 1.72. The van der Waals surface area contributed by atoms with Gasteiger partial charge in [0.2, 0.25) is 5.91 Å². The summed E-state index contributed by atoms with van der Waals surface area (Å²) in [6.45, 7) is 6.01. The second-order valence-corrected chi connectivity index (χ2v) is 5.32. The van der Waals surface area contributed by atoms with Gasteiger partial charge in [-0.15, -0.1) is 0 Å². The van der Waals surface area contributed by atoms with Crippen molar-refractivity contribution < 1.29 is 9.18 Å². The van der Waals surface area contributed by atoms with Crippen LogP contribution in [-0.4, -0.2) is 17.9 Å². The molecular weight excluding hydrogens is 267 g/mol. The number of halogens is 1. The SMILES string of the molecule is Cc1cc(C)c(CC(=O)N(C)c2ncccc2F)c(C)c1. The molecule has 1 aromatic carbocycles. The fraction of sp³-hybridized carbons (Fsp3) is 0.294. The molecule has 4 heteroatoms. The van der Waals surface area contributed by atoms with Crippen LogP contribution in [0.5, 0.6) is 0 Å². The van der Waals surface area contributed by atoms with Crippen molar-refractivity contribution in [2.24, 2.45) is 0 Å². The van der Waals surface area contributed by atoms with E-state index in [1.165, 1.54) is 28.8 Å². The standard InChI is InChI=1S/C17H19FN2O/c1-11-8-12(2)14(13(3)9-11)10-16(21)20(4)17-15(18)6-5-7-19-17/h5-9H,10H2,1-4H3. The first-order valence-corrected chi connectivity index (χ1v) is 6.84. The third-order valence-electron chi connectivity index (χ3n) is 3.60. The second kappa shape index (κ2) is 6.04. The lowest BCUT2D eigenvalue weighted by Crippen LogP contribution is -2.30. The summed E-state index contributed by atoms with van der Waals surface area (Å²) in [5, 5.41) is 0. The minimum atomic E-state index is -0.495. The van der Waals surface area contributed by atoms with Gasteiger partial charge < -0.3 is 0 Å². The number of likely N-dealkylation sites (N-methyl/N-ethyl adjacent to an activating group) is 1. The summed E-state index contributed by atoms with van der Waals surface area (Å²) in [5.74, 6) is -0.613. The van der Waals surface area contributed by atoms with E-state index in [0.717, 1.165) is 16.7 Å². The maximum Gasteiger partial charge on any atom is 0.232 e. The monoisotopic (exact) mass is 286 g/mol. The van der Waals surface area contributed by atoms with Crippen LogP contribution in [-0.2, 0) is 11.2 Å². The van der Waals surface area contributed by atoms with E-state index in [2.05, 4.69) is 17.1 Å². The van der Waals surface area contributed by atoms with Crippen LogP contribution >= 0.6 is 0 Å². The van der Waals surface area contributed by atoms with E-state index in [4.69, 9.17) is 0 Å². The number of benzene rings is 1. The molecule has 0 fully saturated rings. The topological polar surface area (TPSA) is 33.2 Å². The molecule has 3 nitrogen and oxygen atoms in total. The predicted molar refractivity (Wildman–Crippen MR) is 82.0 cm³/mol. The number of amides is 1. The Morgan fingerprint density at radius 3 is 2.43 bits per heavy atom. The first-order valence-electron chi connectivity index (χ1n) is 6.84. The summed E-state index contributed by atoms with van der Waals surface area (Å²) in [4.78, 5) is 17.6. The van der Waals surface area contributed by atoms with Crippen LogP contribution in [0.3, 0.4) is 0 Å². The number of anilines is 1. The normalized spacial score (nSPS) is 10.5. The van der Waals surface area contributed by atoms with Crippen molar-refractivity contribution in [1.82, 2.24) is 4.98 Å². The van der Waals surface area contributed by atoms with Crippen molar-refractivity contribution in [3.63, 3.8) is 0 Å². The molecule has 0 aliphatic heterocycles. The van der Waals surface area contributed by atoms with E-state index >= 15 is 0 Å². The lowest BCUT2D eigenvalue weighted by Gasteiger charge is -2.18. The maximum atomic E-state index is 13.7. The molecule has 0 saturated carbocycles. The molecule has 0 saturated heterocycles. The van der Waals surface area contributed by atoms with Gasteiger partial charge in [-0.25, -0.2) is 9.37 Å². The van der Waals surface area contributed by atoms with Crippen LogP contribution in [0.1, 0.15) is 22.3 Å². The number of aromatic nitrogens is 1. The molecule has 0 atom stereocenters. The molecule has 0 aliphatic carbocycles. The minimum absolute atomic E-state index is 0.0601. The lowest BCUT2D eigenvalue weighted by atomic mass is 9.97. The van der Waals surface area contributed by atoms with Crippen molar-refractivity contribution in [3.05, 3.63) is 58.5 Å². The van der Waals surface area contributed by atoms with Crippen LogP contribution in [0.15, 0.2) is 30.5 Å². The molecule has 21 heavy (non-hydrogen) atoms. The quantitative estimate of drug-likeness (QED) is 0.867. The van der Waals surface area contributed by atoms with Gasteiger partial charge in [-0.3, -0.25) is 9.69 Å². The van der Waals surface area contributed by atoms with Gasteiger partial charge in [0.1, 0.15) is 0 Å². The highest BCUT2D eigenvalue weighted by atomic mass is 19.1. The maximum absolute atomic E-state index is 13.7. The van der Waals surface area contributed by atoms with Gasteiger partial charge in [0, 0.05) is 13.2 Å². The number of carbonyl (C=O) groups is 1. The zero-order valence-corrected chi connectivity index (χ0v) is 12.8. The Morgan fingerprint density at radius 2 is 1.86 bits per heavy atom. The van der Waals surface area contributed by atoms with Gasteiger partial charge >= 0.3 is 0 Å². The molecule has 110 valence electrons. The van der Waals surface area contributed by atoms with Crippen molar-refractivity contribution in [2.45, 2.75) is 27.2 Å². The largest absolute Gasteiger partial charge is 0.297 e. The zero-order valence-electron chi connectivity index (χ0n) is 12.8. The first kappa shape index (κ1) is 15.2. The average molecular weight is 286 g/mol. The Hall–Kier alpha value is -2.23. The number of nitrogens with zero attached hydrogens (tertiary/aromatic N) is 2. The van der Waals surface area contributed by atoms with Crippen LogP contribution in [0.4, 0.5) is 10.2 Å². The average Bonchev–Trinajstić information content (AvgIpc) is 2.42. The zero-order chi connectivity index (χ0) is 15.6. The number of hydrogen-bond donors (Lipinski definition) is 0. The Morgan fingerprint density at radius 1 is 1.24 bits per heavy atom. The van der Waals surface area contributed by atoms with Crippen LogP contribution in [0, 0.1) is 26.6 Å². The van der Waals surface area contributed by atoms with E-state index in [1.54, 1.807) is 7.05 Å². The summed E-state index contributed by atoms with van der Waals surface area (Å²) in [7, 11) is 1.55. The van der Waals surface area contributed by atoms with Gasteiger partial charge in [0.05, 0.1) is 6.42 Å². The van der Waals surface area contributed by atoms with E-state index in [0.29, 0.717) is 0 Å². The van der Waals surface area contributed by atoms with E-state index < -0.39 is 5.82 Å². The minimum Gasteiger partial charge on any atom is -0.297 e. The van der Waals surface area contributed by atoms with E-state index in [-0.39, 0.29) is 18.1 Å². The van der Waals surface area contributed by atoms with Crippen molar-refractivity contribution in [1.29, 1.82) is 0 Å². The number of pyridine rings is 1. The van der Waals surface area contributed by atoms with Crippen LogP contribution < -0.4 is 4.90 Å². The first-order chi connectivity index (χ1) is 9.90. The third-order valence-corrected chi connectivity index (χ3v) is 3.60. The molecule has 0 spiro atoms. The lowest BCUT2D eigenvalue weighted by molar-refractivity contribution is -0.117. The molecule has 2 rings (SSSR count).